The quantitative estimate of drug-likeness (QED) is 0.844. The minimum absolute atomic E-state index is 0.298. The van der Waals surface area contributed by atoms with E-state index in [0.717, 1.165) is 6.42 Å². The van der Waals surface area contributed by atoms with Crippen molar-refractivity contribution in [2.45, 2.75) is 13.3 Å². The molecular formula is C16H16Cl2N2O. The van der Waals surface area contributed by atoms with Crippen molar-refractivity contribution in [2.75, 3.05) is 11.9 Å². The van der Waals surface area contributed by atoms with Crippen molar-refractivity contribution in [2.24, 2.45) is 0 Å². The lowest BCUT2D eigenvalue weighted by molar-refractivity contribution is 0.252. The number of nitrogens with one attached hydrogen (secondary N) is 2. The van der Waals surface area contributed by atoms with E-state index in [1.807, 2.05) is 12.1 Å². The van der Waals surface area contributed by atoms with Crippen molar-refractivity contribution in [3.8, 4) is 0 Å². The van der Waals surface area contributed by atoms with Gasteiger partial charge < -0.3 is 10.6 Å². The van der Waals surface area contributed by atoms with E-state index >= 15 is 0 Å². The standard InChI is InChI=1S/C16H16Cl2N2O/c1-11-4-2-3-5-12(11)8-9-19-16(21)20-15-10-13(17)6-7-14(15)18/h2-7,10H,8-9H2,1H3,(H2,19,20,21). The van der Waals surface area contributed by atoms with Gasteiger partial charge in [0.25, 0.3) is 0 Å². The fraction of sp³-hybridized carbons (Fsp3) is 0.188. The van der Waals surface area contributed by atoms with Gasteiger partial charge in [-0.3, -0.25) is 0 Å². The molecule has 21 heavy (non-hydrogen) atoms. The van der Waals surface area contributed by atoms with Crippen molar-refractivity contribution in [1.82, 2.24) is 5.32 Å². The molecule has 0 bridgehead atoms. The van der Waals surface area contributed by atoms with Gasteiger partial charge >= 0.3 is 6.03 Å². The first-order valence-electron chi connectivity index (χ1n) is 6.60. The number of aryl methyl sites for hydroxylation is 1. The van der Waals surface area contributed by atoms with E-state index in [4.69, 9.17) is 23.2 Å². The summed E-state index contributed by atoms with van der Waals surface area (Å²) >= 11 is 11.9. The van der Waals surface area contributed by atoms with E-state index in [1.54, 1.807) is 18.2 Å². The Labute approximate surface area is 134 Å². The van der Waals surface area contributed by atoms with Crippen LogP contribution in [0.25, 0.3) is 0 Å². The molecule has 0 saturated carbocycles. The molecule has 2 amide bonds. The Morgan fingerprint density at radius 3 is 2.67 bits per heavy atom. The lowest BCUT2D eigenvalue weighted by Gasteiger charge is -2.10. The number of carbonyl (C=O) groups is 1. The summed E-state index contributed by atoms with van der Waals surface area (Å²) in [4.78, 5) is 11.8. The highest BCUT2D eigenvalue weighted by Gasteiger charge is 2.06. The molecule has 0 unspecified atom stereocenters. The highest BCUT2D eigenvalue weighted by Crippen LogP contribution is 2.25. The van der Waals surface area contributed by atoms with Crippen molar-refractivity contribution >= 4 is 34.9 Å². The fourth-order valence-electron chi connectivity index (χ4n) is 1.96. The molecule has 0 aliphatic heterocycles. The molecule has 2 aromatic carbocycles. The maximum Gasteiger partial charge on any atom is 0.319 e. The van der Waals surface area contributed by atoms with Gasteiger partial charge in [0.15, 0.2) is 0 Å². The van der Waals surface area contributed by atoms with Crippen LogP contribution in [0.4, 0.5) is 10.5 Å². The Balaban J connectivity index is 1.85. The number of anilines is 1. The number of carbonyl (C=O) groups excluding carboxylic acids is 1. The van der Waals surface area contributed by atoms with Crippen LogP contribution in [0.5, 0.6) is 0 Å². The predicted octanol–water partition coefficient (Wildman–Crippen LogP) is 4.67. The Morgan fingerprint density at radius 2 is 1.90 bits per heavy atom. The van der Waals surface area contributed by atoms with Gasteiger partial charge in [0, 0.05) is 11.6 Å². The van der Waals surface area contributed by atoms with Crippen LogP contribution in [0.15, 0.2) is 42.5 Å². The Bertz CT molecular complexity index is 644. The van der Waals surface area contributed by atoms with Gasteiger partial charge in [-0.2, -0.15) is 0 Å². The van der Waals surface area contributed by atoms with Gasteiger partial charge in [-0.05, 0) is 42.7 Å². The lowest BCUT2D eigenvalue weighted by Crippen LogP contribution is -2.30. The Kier molecular flexibility index (Phi) is 5.48. The van der Waals surface area contributed by atoms with Crippen LogP contribution in [0.3, 0.4) is 0 Å². The summed E-state index contributed by atoms with van der Waals surface area (Å²) in [6.07, 6.45) is 0.781. The van der Waals surface area contributed by atoms with Gasteiger partial charge in [0.2, 0.25) is 0 Å². The third kappa shape index (κ3) is 4.66. The average molecular weight is 323 g/mol. The first-order chi connectivity index (χ1) is 10.1. The summed E-state index contributed by atoms with van der Waals surface area (Å²) in [7, 11) is 0. The SMILES string of the molecule is Cc1ccccc1CCNC(=O)Nc1cc(Cl)ccc1Cl. The number of benzene rings is 2. The molecule has 0 atom stereocenters. The van der Waals surface area contributed by atoms with Crippen molar-refractivity contribution in [3.05, 3.63) is 63.6 Å². The molecule has 3 nitrogen and oxygen atoms in total. The minimum Gasteiger partial charge on any atom is -0.338 e. The summed E-state index contributed by atoms with van der Waals surface area (Å²) in [6.45, 7) is 2.61. The van der Waals surface area contributed by atoms with Crippen LogP contribution in [0.1, 0.15) is 11.1 Å². The maximum absolute atomic E-state index is 11.8. The molecule has 5 heteroatoms. The molecule has 0 aliphatic carbocycles. The Morgan fingerprint density at radius 1 is 1.14 bits per heavy atom. The molecule has 0 radical (unpaired) electrons. The number of hydrogen-bond acceptors (Lipinski definition) is 1. The smallest absolute Gasteiger partial charge is 0.319 e. The number of urea groups is 1. The number of halogens is 2. The van der Waals surface area contributed by atoms with Crippen LogP contribution in [-0.2, 0) is 6.42 Å². The lowest BCUT2D eigenvalue weighted by atomic mass is 10.1. The van der Waals surface area contributed by atoms with Crippen LogP contribution in [0, 0.1) is 6.92 Å². The zero-order valence-corrected chi connectivity index (χ0v) is 13.1. The van der Waals surface area contributed by atoms with Crippen LogP contribution in [-0.4, -0.2) is 12.6 Å². The van der Waals surface area contributed by atoms with Gasteiger partial charge in [0.1, 0.15) is 0 Å². The summed E-state index contributed by atoms with van der Waals surface area (Å²) in [5.41, 5.74) is 2.94. The average Bonchev–Trinajstić information content (AvgIpc) is 2.45. The predicted molar refractivity (Wildman–Crippen MR) is 88.4 cm³/mol. The second-order valence-corrected chi connectivity index (χ2v) is 5.53. The van der Waals surface area contributed by atoms with Crippen molar-refractivity contribution in [3.63, 3.8) is 0 Å². The van der Waals surface area contributed by atoms with E-state index in [9.17, 15) is 4.79 Å². The highest BCUT2D eigenvalue weighted by atomic mass is 35.5. The van der Waals surface area contributed by atoms with Crippen LogP contribution < -0.4 is 10.6 Å². The second-order valence-electron chi connectivity index (χ2n) is 4.68. The van der Waals surface area contributed by atoms with Gasteiger partial charge in [-0.25, -0.2) is 4.79 Å². The molecule has 0 aliphatic rings. The molecule has 0 saturated heterocycles. The Hall–Kier alpha value is -1.71. The largest absolute Gasteiger partial charge is 0.338 e. The van der Waals surface area contributed by atoms with Crippen LogP contribution >= 0.6 is 23.2 Å². The zero-order chi connectivity index (χ0) is 15.2. The number of hydrogen-bond donors (Lipinski definition) is 2. The zero-order valence-electron chi connectivity index (χ0n) is 11.6. The topological polar surface area (TPSA) is 41.1 Å². The summed E-state index contributed by atoms with van der Waals surface area (Å²) < 4.78 is 0. The molecule has 0 aromatic heterocycles. The highest BCUT2D eigenvalue weighted by molar-refractivity contribution is 6.35. The third-order valence-electron chi connectivity index (χ3n) is 3.12. The molecular weight excluding hydrogens is 307 g/mol. The molecule has 110 valence electrons. The number of rotatable bonds is 4. The van der Waals surface area contributed by atoms with Gasteiger partial charge in [-0.1, -0.05) is 47.5 Å². The molecule has 2 N–H and O–H groups in total. The molecule has 2 aromatic rings. The van der Waals surface area contributed by atoms with E-state index in [1.165, 1.54) is 11.1 Å². The summed E-state index contributed by atoms with van der Waals surface area (Å²) in [5, 5.41) is 6.46. The van der Waals surface area contributed by atoms with E-state index in [0.29, 0.717) is 22.3 Å². The normalized spacial score (nSPS) is 10.2. The second kappa shape index (κ2) is 7.34. The van der Waals surface area contributed by atoms with E-state index in [-0.39, 0.29) is 6.03 Å². The first-order valence-corrected chi connectivity index (χ1v) is 7.36. The first kappa shape index (κ1) is 15.7. The molecule has 0 spiro atoms. The fourth-order valence-corrected chi connectivity index (χ4v) is 2.30. The molecule has 0 heterocycles. The summed E-state index contributed by atoms with van der Waals surface area (Å²) in [5.74, 6) is 0. The monoisotopic (exact) mass is 322 g/mol. The van der Waals surface area contributed by atoms with E-state index < -0.39 is 0 Å². The molecule has 2 rings (SSSR count). The number of amides is 2. The minimum atomic E-state index is -0.298. The van der Waals surface area contributed by atoms with Crippen molar-refractivity contribution in [1.29, 1.82) is 0 Å². The maximum atomic E-state index is 11.8. The van der Waals surface area contributed by atoms with Crippen molar-refractivity contribution < 1.29 is 4.79 Å². The van der Waals surface area contributed by atoms with Crippen LogP contribution in [0.2, 0.25) is 10.0 Å². The summed E-state index contributed by atoms with van der Waals surface area (Å²) in [6, 6.07) is 12.7. The molecule has 0 fully saturated rings. The van der Waals surface area contributed by atoms with Gasteiger partial charge in [-0.15, -0.1) is 0 Å². The van der Waals surface area contributed by atoms with Gasteiger partial charge in [0.05, 0.1) is 10.7 Å². The van der Waals surface area contributed by atoms with E-state index in [2.05, 4.69) is 29.7 Å². The third-order valence-corrected chi connectivity index (χ3v) is 3.68.